The molecule has 0 aliphatic heterocycles. The largest absolute Gasteiger partial charge is 0.455 e. The fourth-order valence-electron chi connectivity index (χ4n) is 4.33. The Hall–Kier alpha value is -1.78. The number of carbonyl (C=O) groups excluding carboxylic acids is 1. The van der Waals surface area contributed by atoms with Gasteiger partial charge in [-0.1, -0.05) is 43.0 Å². The maximum Gasteiger partial charge on any atom is 0.244 e. The molecule has 1 aromatic heterocycles. The monoisotopic (exact) mass is 390 g/mol. The van der Waals surface area contributed by atoms with E-state index in [0.29, 0.717) is 27.5 Å². The second-order valence-corrected chi connectivity index (χ2v) is 8.24. The van der Waals surface area contributed by atoms with Gasteiger partial charge < -0.3 is 4.42 Å². The Balaban J connectivity index is 1.40. The first-order chi connectivity index (χ1) is 12.5. The lowest BCUT2D eigenvalue weighted by Crippen LogP contribution is -2.22. The minimum atomic E-state index is 0.0142. The van der Waals surface area contributed by atoms with E-state index in [-0.39, 0.29) is 17.2 Å². The molecule has 136 valence electrons. The SMILES string of the molecule is C[C@]12CCCC[C@@H]1[C@@H]2C(=O)N/N=C\c1ccc(-c2cc(Cl)ccc2Cl)o1. The van der Waals surface area contributed by atoms with Crippen LogP contribution in [0.5, 0.6) is 0 Å². The highest BCUT2D eigenvalue weighted by Crippen LogP contribution is 2.66. The number of benzene rings is 1. The van der Waals surface area contributed by atoms with E-state index in [1.165, 1.54) is 19.1 Å². The molecule has 0 radical (unpaired) electrons. The highest BCUT2D eigenvalue weighted by atomic mass is 35.5. The summed E-state index contributed by atoms with van der Waals surface area (Å²) >= 11 is 12.2. The van der Waals surface area contributed by atoms with Crippen LogP contribution in [0.25, 0.3) is 11.3 Å². The summed E-state index contributed by atoms with van der Waals surface area (Å²) < 4.78 is 5.73. The van der Waals surface area contributed by atoms with Gasteiger partial charge in [0, 0.05) is 16.5 Å². The summed E-state index contributed by atoms with van der Waals surface area (Å²) in [4.78, 5) is 12.4. The van der Waals surface area contributed by atoms with Gasteiger partial charge in [-0.2, -0.15) is 5.10 Å². The predicted octanol–water partition coefficient (Wildman–Crippen LogP) is 5.53. The van der Waals surface area contributed by atoms with Crippen LogP contribution in [-0.4, -0.2) is 12.1 Å². The summed E-state index contributed by atoms with van der Waals surface area (Å²) in [6, 6.07) is 8.79. The van der Waals surface area contributed by atoms with E-state index in [2.05, 4.69) is 17.5 Å². The van der Waals surface area contributed by atoms with Gasteiger partial charge in [0.2, 0.25) is 5.91 Å². The van der Waals surface area contributed by atoms with Crippen LogP contribution in [0.1, 0.15) is 38.4 Å². The first-order valence-corrected chi connectivity index (χ1v) is 9.63. The summed E-state index contributed by atoms with van der Waals surface area (Å²) in [5, 5.41) is 5.21. The zero-order chi connectivity index (χ0) is 18.3. The molecule has 2 saturated carbocycles. The van der Waals surface area contributed by atoms with Crippen molar-refractivity contribution >= 4 is 35.3 Å². The maximum atomic E-state index is 12.4. The number of hydrogen-bond donors (Lipinski definition) is 1. The quantitative estimate of drug-likeness (QED) is 0.550. The van der Waals surface area contributed by atoms with Crippen LogP contribution in [0.15, 0.2) is 39.9 Å². The maximum absolute atomic E-state index is 12.4. The Kier molecular flexibility index (Phi) is 4.57. The number of hydrogen-bond acceptors (Lipinski definition) is 3. The number of nitrogens with one attached hydrogen (secondary N) is 1. The van der Waals surface area contributed by atoms with Gasteiger partial charge in [-0.05, 0) is 54.5 Å². The summed E-state index contributed by atoms with van der Waals surface area (Å²) in [6.45, 7) is 2.22. The standard InChI is InChI=1S/C20H20Cl2N2O2/c1-20-9-3-2-4-15(20)18(20)19(25)24-23-11-13-6-8-17(26-13)14-10-12(21)5-7-16(14)22/h5-8,10-11,15,18H,2-4,9H2,1H3,(H,24,25)/b23-11-/t15-,18-,20+/m1/s1. The number of rotatable bonds is 4. The predicted molar refractivity (Wildman–Crippen MR) is 103 cm³/mol. The fraction of sp³-hybridized carbons (Fsp3) is 0.400. The third-order valence-electron chi connectivity index (χ3n) is 5.80. The van der Waals surface area contributed by atoms with Gasteiger partial charge in [-0.25, -0.2) is 5.43 Å². The summed E-state index contributed by atoms with van der Waals surface area (Å²) in [6.07, 6.45) is 6.26. The number of halogens is 2. The van der Waals surface area contributed by atoms with Crippen molar-refractivity contribution in [3.8, 4) is 11.3 Å². The van der Waals surface area contributed by atoms with E-state index >= 15 is 0 Å². The van der Waals surface area contributed by atoms with Crippen molar-refractivity contribution in [1.82, 2.24) is 5.43 Å². The summed E-state index contributed by atoms with van der Waals surface area (Å²) in [5.41, 5.74) is 3.57. The van der Waals surface area contributed by atoms with Crippen LogP contribution in [0, 0.1) is 17.3 Å². The normalized spacial score (nSPS) is 27.3. The van der Waals surface area contributed by atoms with E-state index in [9.17, 15) is 4.79 Å². The third-order valence-corrected chi connectivity index (χ3v) is 6.37. The van der Waals surface area contributed by atoms with Crippen LogP contribution < -0.4 is 5.43 Å². The molecular formula is C20H20Cl2N2O2. The van der Waals surface area contributed by atoms with Crippen molar-refractivity contribution in [3.05, 3.63) is 46.1 Å². The van der Waals surface area contributed by atoms with Crippen molar-refractivity contribution in [2.45, 2.75) is 32.6 Å². The van der Waals surface area contributed by atoms with Crippen molar-refractivity contribution in [2.24, 2.45) is 22.4 Å². The molecule has 1 amide bonds. The fourth-order valence-corrected chi connectivity index (χ4v) is 4.72. The van der Waals surface area contributed by atoms with Crippen molar-refractivity contribution in [3.63, 3.8) is 0 Å². The molecule has 0 bridgehead atoms. The number of nitrogens with zero attached hydrogens (tertiary/aromatic N) is 1. The van der Waals surface area contributed by atoms with Crippen LogP contribution in [-0.2, 0) is 4.79 Å². The molecule has 0 saturated heterocycles. The molecule has 4 rings (SSSR count). The van der Waals surface area contributed by atoms with E-state index < -0.39 is 0 Å². The molecule has 1 aromatic carbocycles. The van der Waals surface area contributed by atoms with Gasteiger partial charge in [0.15, 0.2) is 0 Å². The molecule has 26 heavy (non-hydrogen) atoms. The minimum Gasteiger partial charge on any atom is -0.455 e. The highest BCUT2D eigenvalue weighted by molar-refractivity contribution is 6.35. The van der Waals surface area contributed by atoms with Gasteiger partial charge >= 0.3 is 0 Å². The minimum absolute atomic E-state index is 0.0142. The van der Waals surface area contributed by atoms with Gasteiger partial charge in [0.1, 0.15) is 11.5 Å². The summed E-state index contributed by atoms with van der Waals surface area (Å²) in [5.74, 6) is 1.77. The van der Waals surface area contributed by atoms with Crippen LogP contribution >= 0.6 is 23.2 Å². The van der Waals surface area contributed by atoms with Gasteiger partial charge in [-0.3, -0.25) is 4.79 Å². The topological polar surface area (TPSA) is 54.6 Å². The molecule has 2 fully saturated rings. The molecular weight excluding hydrogens is 371 g/mol. The highest BCUT2D eigenvalue weighted by Gasteiger charge is 2.64. The second kappa shape index (κ2) is 6.75. The number of carbonyl (C=O) groups is 1. The molecule has 0 unspecified atom stereocenters. The van der Waals surface area contributed by atoms with Gasteiger partial charge in [0.25, 0.3) is 0 Å². The molecule has 1 heterocycles. The Morgan fingerprint density at radius 1 is 1.31 bits per heavy atom. The first kappa shape index (κ1) is 17.6. The molecule has 6 heteroatoms. The smallest absolute Gasteiger partial charge is 0.244 e. The molecule has 3 atom stereocenters. The summed E-state index contributed by atoms with van der Waals surface area (Å²) in [7, 11) is 0. The Bertz CT molecular complexity index is 876. The molecule has 1 N–H and O–H groups in total. The van der Waals surface area contributed by atoms with Crippen LogP contribution in [0.2, 0.25) is 10.0 Å². The van der Waals surface area contributed by atoms with Crippen molar-refractivity contribution < 1.29 is 9.21 Å². The Morgan fingerprint density at radius 2 is 2.15 bits per heavy atom. The lowest BCUT2D eigenvalue weighted by atomic mass is 9.90. The number of furan rings is 1. The molecule has 0 spiro atoms. The molecule has 2 aliphatic carbocycles. The molecule has 4 nitrogen and oxygen atoms in total. The van der Waals surface area contributed by atoms with Crippen LogP contribution in [0.3, 0.4) is 0 Å². The Labute approximate surface area is 162 Å². The van der Waals surface area contributed by atoms with Crippen molar-refractivity contribution in [1.29, 1.82) is 0 Å². The first-order valence-electron chi connectivity index (χ1n) is 8.87. The lowest BCUT2D eigenvalue weighted by molar-refractivity contribution is -0.123. The lowest BCUT2D eigenvalue weighted by Gasteiger charge is -2.15. The number of amides is 1. The zero-order valence-electron chi connectivity index (χ0n) is 14.5. The van der Waals surface area contributed by atoms with E-state index in [1.54, 1.807) is 30.3 Å². The van der Waals surface area contributed by atoms with E-state index in [0.717, 1.165) is 18.4 Å². The van der Waals surface area contributed by atoms with Gasteiger partial charge in [-0.15, -0.1) is 0 Å². The number of fused-ring (bicyclic) bond motifs is 1. The van der Waals surface area contributed by atoms with Crippen molar-refractivity contribution in [2.75, 3.05) is 0 Å². The second-order valence-electron chi connectivity index (χ2n) is 7.40. The average Bonchev–Trinajstić information content (AvgIpc) is 2.98. The van der Waals surface area contributed by atoms with Crippen LogP contribution in [0.4, 0.5) is 0 Å². The van der Waals surface area contributed by atoms with Gasteiger partial charge in [0.05, 0.1) is 11.2 Å². The average molecular weight is 391 g/mol. The number of hydrazone groups is 1. The third kappa shape index (κ3) is 3.17. The molecule has 2 aliphatic rings. The zero-order valence-corrected chi connectivity index (χ0v) is 16.0. The molecule has 2 aromatic rings. The Morgan fingerprint density at radius 3 is 2.92 bits per heavy atom. The van der Waals surface area contributed by atoms with E-state index in [4.69, 9.17) is 27.6 Å². The van der Waals surface area contributed by atoms with E-state index in [1.807, 2.05) is 0 Å².